The summed E-state index contributed by atoms with van der Waals surface area (Å²) in [5.41, 5.74) is 1.32. The first-order valence-electron chi connectivity index (χ1n) is 5.89. The molecule has 98 valence electrons. The van der Waals surface area contributed by atoms with Gasteiger partial charge in [0.25, 0.3) is 5.91 Å². The highest BCUT2D eigenvalue weighted by Gasteiger charge is 2.12. The van der Waals surface area contributed by atoms with Gasteiger partial charge in [-0.3, -0.25) is 4.79 Å². The zero-order valence-electron chi connectivity index (χ0n) is 10.4. The molecule has 0 aliphatic heterocycles. The monoisotopic (exact) mass is 321 g/mol. The quantitative estimate of drug-likeness (QED) is 0.906. The fraction of sp³-hybridized carbons (Fsp3) is 0.133. The SMILES string of the molecule is C[C@H](NC(=O)c1ccc(Br)c(F)c1)c1ccccc1. The summed E-state index contributed by atoms with van der Waals surface area (Å²) in [5, 5.41) is 2.84. The van der Waals surface area contributed by atoms with E-state index < -0.39 is 5.82 Å². The van der Waals surface area contributed by atoms with Crippen molar-refractivity contribution in [1.29, 1.82) is 0 Å². The molecule has 0 saturated heterocycles. The van der Waals surface area contributed by atoms with Crippen LogP contribution in [0.15, 0.2) is 53.0 Å². The Kier molecular flexibility index (Phi) is 4.32. The Labute approximate surface area is 119 Å². The van der Waals surface area contributed by atoms with Gasteiger partial charge in [-0.25, -0.2) is 4.39 Å². The van der Waals surface area contributed by atoms with E-state index in [0.29, 0.717) is 10.0 Å². The standard InChI is InChI=1S/C15H13BrFNO/c1-10(11-5-3-2-4-6-11)18-15(19)12-7-8-13(16)14(17)9-12/h2-10H,1H3,(H,18,19)/t10-/m0/s1. The lowest BCUT2D eigenvalue weighted by atomic mass is 10.1. The second kappa shape index (κ2) is 5.97. The Bertz CT molecular complexity index is 586. The molecule has 0 fully saturated rings. The number of benzene rings is 2. The summed E-state index contributed by atoms with van der Waals surface area (Å²) in [6.07, 6.45) is 0. The Morgan fingerprint density at radius 3 is 2.53 bits per heavy atom. The third kappa shape index (κ3) is 3.41. The first-order chi connectivity index (χ1) is 9.08. The van der Waals surface area contributed by atoms with E-state index in [-0.39, 0.29) is 11.9 Å². The summed E-state index contributed by atoms with van der Waals surface area (Å²) in [6.45, 7) is 1.89. The highest BCUT2D eigenvalue weighted by Crippen LogP contribution is 2.17. The molecule has 2 rings (SSSR count). The van der Waals surface area contributed by atoms with Crippen LogP contribution >= 0.6 is 15.9 Å². The van der Waals surface area contributed by atoms with Gasteiger partial charge in [-0.2, -0.15) is 0 Å². The van der Waals surface area contributed by atoms with E-state index in [4.69, 9.17) is 0 Å². The second-order valence-electron chi connectivity index (χ2n) is 4.23. The maximum Gasteiger partial charge on any atom is 0.251 e. The van der Waals surface area contributed by atoms with E-state index in [1.54, 1.807) is 6.07 Å². The van der Waals surface area contributed by atoms with Crippen LogP contribution in [-0.4, -0.2) is 5.91 Å². The van der Waals surface area contributed by atoms with Gasteiger partial charge < -0.3 is 5.32 Å². The van der Waals surface area contributed by atoms with Crippen molar-refractivity contribution < 1.29 is 9.18 Å². The van der Waals surface area contributed by atoms with E-state index in [9.17, 15) is 9.18 Å². The van der Waals surface area contributed by atoms with Crippen LogP contribution < -0.4 is 5.32 Å². The van der Waals surface area contributed by atoms with Crippen molar-refractivity contribution in [3.63, 3.8) is 0 Å². The van der Waals surface area contributed by atoms with E-state index >= 15 is 0 Å². The molecule has 2 nitrogen and oxygen atoms in total. The molecule has 0 radical (unpaired) electrons. The molecular weight excluding hydrogens is 309 g/mol. The molecule has 4 heteroatoms. The smallest absolute Gasteiger partial charge is 0.251 e. The summed E-state index contributed by atoms with van der Waals surface area (Å²) in [7, 11) is 0. The zero-order valence-corrected chi connectivity index (χ0v) is 11.9. The van der Waals surface area contributed by atoms with Crippen molar-refractivity contribution in [1.82, 2.24) is 5.32 Å². The zero-order chi connectivity index (χ0) is 13.8. The molecule has 19 heavy (non-hydrogen) atoms. The van der Waals surface area contributed by atoms with Gasteiger partial charge in [0.1, 0.15) is 5.82 Å². The van der Waals surface area contributed by atoms with Crippen molar-refractivity contribution in [2.75, 3.05) is 0 Å². The number of amides is 1. The second-order valence-corrected chi connectivity index (χ2v) is 5.09. The fourth-order valence-electron chi connectivity index (χ4n) is 1.74. The fourth-order valence-corrected chi connectivity index (χ4v) is 1.99. The van der Waals surface area contributed by atoms with E-state index in [1.807, 2.05) is 37.3 Å². The van der Waals surface area contributed by atoms with Crippen molar-refractivity contribution in [3.8, 4) is 0 Å². The third-order valence-corrected chi connectivity index (χ3v) is 3.47. The third-order valence-electron chi connectivity index (χ3n) is 2.83. The molecule has 0 spiro atoms. The Balaban J connectivity index is 2.11. The van der Waals surface area contributed by atoms with Crippen molar-refractivity contribution in [3.05, 3.63) is 69.9 Å². The van der Waals surface area contributed by atoms with Gasteiger partial charge in [0.2, 0.25) is 0 Å². The predicted molar refractivity (Wildman–Crippen MR) is 76.4 cm³/mol. The van der Waals surface area contributed by atoms with Gasteiger partial charge >= 0.3 is 0 Å². The Morgan fingerprint density at radius 1 is 1.21 bits per heavy atom. The largest absolute Gasteiger partial charge is 0.346 e. The highest BCUT2D eigenvalue weighted by molar-refractivity contribution is 9.10. The van der Waals surface area contributed by atoms with E-state index in [0.717, 1.165) is 5.56 Å². The molecule has 1 amide bonds. The molecular formula is C15H13BrFNO. The number of carbonyl (C=O) groups is 1. The number of hydrogen-bond acceptors (Lipinski definition) is 1. The van der Waals surface area contributed by atoms with Gasteiger partial charge in [0.05, 0.1) is 10.5 Å². The minimum atomic E-state index is -0.444. The predicted octanol–water partition coefficient (Wildman–Crippen LogP) is 4.08. The Morgan fingerprint density at radius 2 is 1.89 bits per heavy atom. The van der Waals surface area contributed by atoms with Crippen molar-refractivity contribution in [2.45, 2.75) is 13.0 Å². The van der Waals surface area contributed by atoms with Gasteiger partial charge in [0.15, 0.2) is 0 Å². The van der Waals surface area contributed by atoms with Crippen LogP contribution in [0.2, 0.25) is 0 Å². The normalized spacial score (nSPS) is 11.9. The molecule has 0 aromatic heterocycles. The molecule has 1 atom stereocenters. The molecule has 0 heterocycles. The maximum absolute atomic E-state index is 13.4. The lowest BCUT2D eigenvalue weighted by molar-refractivity contribution is 0.0939. The van der Waals surface area contributed by atoms with Gasteiger partial charge in [-0.15, -0.1) is 0 Å². The average Bonchev–Trinajstić information content (AvgIpc) is 2.42. The summed E-state index contributed by atoms with van der Waals surface area (Å²) in [4.78, 5) is 12.0. The maximum atomic E-state index is 13.4. The van der Waals surface area contributed by atoms with Gasteiger partial charge in [-0.1, -0.05) is 30.3 Å². The van der Waals surface area contributed by atoms with Crippen LogP contribution in [0.3, 0.4) is 0 Å². The number of hydrogen-bond donors (Lipinski definition) is 1. The average molecular weight is 322 g/mol. The molecule has 0 aliphatic carbocycles. The first kappa shape index (κ1) is 13.7. The summed E-state index contributed by atoms with van der Waals surface area (Å²) < 4.78 is 13.7. The molecule has 2 aromatic carbocycles. The minimum Gasteiger partial charge on any atom is -0.346 e. The lowest BCUT2D eigenvalue weighted by Gasteiger charge is -2.14. The van der Waals surface area contributed by atoms with Crippen LogP contribution in [0.25, 0.3) is 0 Å². The molecule has 0 unspecified atom stereocenters. The summed E-state index contributed by atoms with van der Waals surface area (Å²) in [6, 6.07) is 13.8. The first-order valence-corrected chi connectivity index (χ1v) is 6.68. The molecule has 1 N–H and O–H groups in total. The topological polar surface area (TPSA) is 29.1 Å². The Hall–Kier alpha value is -1.68. The number of halogens is 2. The van der Waals surface area contributed by atoms with Crippen LogP contribution in [0.5, 0.6) is 0 Å². The van der Waals surface area contributed by atoms with E-state index in [2.05, 4.69) is 21.2 Å². The van der Waals surface area contributed by atoms with Gasteiger partial charge in [-0.05, 0) is 46.6 Å². The number of carbonyl (C=O) groups excluding carboxylic acids is 1. The molecule has 0 aliphatic rings. The molecule has 2 aromatic rings. The molecule has 0 saturated carbocycles. The van der Waals surface area contributed by atoms with Crippen molar-refractivity contribution in [2.24, 2.45) is 0 Å². The van der Waals surface area contributed by atoms with Crippen molar-refractivity contribution >= 4 is 21.8 Å². The number of rotatable bonds is 3. The highest BCUT2D eigenvalue weighted by atomic mass is 79.9. The molecule has 0 bridgehead atoms. The van der Waals surface area contributed by atoms with E-state index in [1.165, 1.54) is 12.1 Å². The van der Waals surface area contributed by atoms with Crippen LogP contribution in [0.4, 0.5) is 4.39 Å². The van der Waals surface area contributed by atoms with Crippen LogP contribution in [-0.2, 0) is 0 Å². The number of nitrogens with one attached hydrogen (secondary N) is 1. The minimum absolute atomic E-state index is 0.125. The van der Waals surface area contributed by atoms with Crippen LogP contribution in [0.1, 0.15) is 28.9 Å². The van der Waals surface area contributed by atoms with Crippen LogP contribution in [0, 0.1) is 5.82 Å². The summed E-state index contributed by atoms with van der Waals surface area (Å²) in [5.74, 6) is -0.734. The summed E-state index contributed by atoms with van der Waals surface area (Å²) >= 11 is 3.06. The lowest BCUT2D eigenvalue weighted by Crippen LogP contribution is -2.26. The van der Waals surface area contributed by atoms with Gasteiger partial charge in [0, 0.05) is 5.56 Å².